The third-order valence-electron chi connectivity index (χ3n) is 3.12. The molecule has 0 saturated heterocycles. The van der Waals surface area contributed by atoms with E-state index >= 15 is 0 Å². The molecule has 3 heteroatoms. The average molecular weight is 238 g/mol. The lowest BCUT2D eigenvalue weighted by Gasteiger charge is -2.20. The van der Waals surface area contributed by atoms with Gasteiger partial charge in [0.1, 0.15) is 5.82 Å². The minimum absolute atomic E-state index is 0.167. The van der Waals surface area contributed by atoms with Crippen molar-refractivity contribution in [3.05, 3.63) is 35.6 Å². The van der Waals surface area contributed by atoms with Crippen molar-refractivity contribution in [2.24, 2.45) is 0 Å². The second-order valence-corrected chi connectivity index (χ2v) is 4.26. The lowest BCUT2D eigenvalue weighted by atomic mass is 10.1. The van der Waals surface area contributed by atoms with E-state index in [1.54, 1.807) is 12.1 Å². The van der Waals surface area contributed by atoms with Gasteiger partial charge in [-0.3, -0.25) is 0 Å². The van der Waals surface area contributed by atoms with E-state index in [1.807, 2.05) is 6.07 Å². The van der Waals surface area contributed by atoms with E-state index in [-0.39, 0.29) is 11.9 Å². The van der Waals surface area contributed by atoms with Gasteiger partial charge in [0, 0.05) is 19.1 Å². The molecule has 0 aromatic heterocycles. The molecule has 2 nitrogen and oxygen atoms in total. The van der Waals surface area contributed by atoms with Gasteiger partial charge in [0.2, 0.25) is 0 Å². The lowest BCUT2D eigenvalue weighted by molar-refractivity contribution is 0.298. The molecule has 0 bridgehead atoms. The Morgan fingerprint density at radius 1 is 1.29 bits per heavy atom. The molecule has 1 aromatic carbocycles. The number of rotatable bonds is 7. The van der Waals surface area contributed by atoms with Crippen LogP contribution in [0.15, 0.2) is 24.3 Å². The van der Waals surface area contributed by atoms with Crippen molar-refractivity contribution >= 4 is 0 Å². The van der Waals surface area contributed by atoms with E-state index in [2.05, 4.69) is 31.0 Å². The van der Waals surface area contributed by atoms with Crippen molar-refractivity contribution in [2.45, 2.75) is 26.8 Å². The van der Waals surface area contributed by atoms with Crippen LogP contribution in [-0.4, -0.2) is 31.1 Å². The third kappa shape index (κ3) is 4.84. The van der Waals surface area contributed by atoms with Crippen LogP contribution in [0.4, 0.5) is 4.39 Å². The summed E-state index contributed by atoms with van der Waals surface area (Å²) in [4.78, 5) is 2.37. The van der Waals surface area contributed by atoms with E-state index in [4.69, 9.17) is 0 Å². The molecule has 1 aromatic rings. The van der Waals surface area contributed by atoms with Crippen molar-refractivity contribution in [1.29, 1.82) is 0 Å². The minimum atomic E-state index is -0.167. The Labute approximate surface area is 104 Å². The first-order chi connectivity index (χ1) is 8.17. The van der Waals surface area contributed by atoms with Crippen LogP contribution < -0.4 is 5.32 Å². The van der Waals surface area contributed by atoms with Crippen LogP contribution in [0, 0.1) is 5.82 Å². The summed E-state index contributed by atoms with van der Waals surface area (Å²) in [6, 6.07) is 6.98. The highest BCUT2D eigenvalue weighted by Gasteiger charge is 2.06. The molecule has 96 valence electrons. The fraction of sp³-hybridized carbons (Fsp3) is 0.571. The predicted molar refractivity (Wildman–Crippen MR) is 70.6 cm³/mol. The van der Waals surface area contributed by atoms with Gasteiger partial charge in [0.25, 0.3) is 0 Å². The Morgan fingerprint density at radius 2 is 2.00 bits per heavy atom. The summed E-state index contributed by atoms with van der Waals surface area (Å²) in [6.07, 6.45) is 0. The van der Waals surface area contributed by atoms with Crippen molar-refractivity contribution in [3.8, 4) is 0 Å². The van der Waals surface area contributed by atoms with Crippen LogP contribution in [0.25, 0.3) is 0 Å². The predicted octanol–water partition coefficient (Wildman–Crippen LogP) is 2.82. The zero-order valence-corrected chi connectivity index (χ0v) is 11.0. The van der Waals surface area contributed by atoms with E-state index < -0.39 is 0 Å². The SMILES string of the molecule is CCN(CC)CCNC(C)c1cccc(F)c1. The summed E-state index contributed by atoms with van der Waals surface area (Å²) in [5.74, 6) is -0.167. The number of hydrogen-bond donors (Lipinski definition) is 1. The zero-order valence-electron chi connectivity index (χ0n) is 11.0. The molecular formula is C14H23FN2. The Morgan fingerprint density at radius 3 is 2.59 bits per heavy atom. The fourth-order valence-corrected chi connectivity index (χ4v) is 1.87. The summed E-state index contributed by atoms with van der Waals surface area (Å²) in [6.45, 7) is 10.5. The number of nitrogens with one attached hydrogen (secondary N) is 1. The zero-order chi connectivity index (χ0) is 12.7. The second-order valence-electron chi connectivity index (χ2n) is 4.26. The van der Waals surface area contributed by atoms with Gasteiger partial charge >= 0.3 is 0 Å². The molecule has 1 rings (SSSR count). The van der Waals surface area contributed by atoms with Gasteiger partial charge in [0.05, 0.1) is 0 Å². The summed E-state index contributed by atoms with van der Waals surface area (Å²) >= 11 is 0. The van der Waals surface area contributed by atoms with Gasteiger partial charge in [-0.1, -0.05) is 26.0 Å². The Hall–Kier alpha value is -0.930. The average Bonchev–Trinajstić information content (AvgIpc) is 2.34. The Bertz CT molecular complexity index is 324. The summed E-state index contributed by atoms with van der Waals surface area (Å²) in [5.41, 5.74) is 1.00. The van der Waals surface area contributed by atoms with Crippen molar-refractivity contribution < 1.29 is 4.39 Å². The van der Waals surface area contributed by atoms with Gasteiger partial charge in [-0.05, 0) is 37.7 Å². The maximum absolute atomic E-state index is 13.1. The van der Waals surface area contributed by atoms with E-state index in [1.165, 1.54) is 6.07 Å². The van der Waals surface area contributed by atoms with Crippen LogP contribution >= 0.6 is 0 Å². The van der Waals surface area contributed by atoms with Crippen molar-refractivity contribution in [3.63, 3.8) is 0 Å². The number of nitrogens with zero attached hydrogens (tertiary/aromatic N) is 1. The first-order valence-corrected chi connectivity index (χ1v) is 6.38. The minimum Gasteiger partial charge on any atom is -0.309 e. The standard InChI is InChI=1S/C14H23FN2/c1-4-17(5-2)10-9-16-12(3)13-7-6-8-14(15)11-13/h6-8,11-12,16H,4-5,9-10H2,1-3H3. The first-order valence-electron chi connectivity index (χ1n) is 6.38. The number of halogens is 1. The molecule has 0 aliphatic rings. The summed E-state index contributed by atoms with van der Waals surface area (Å²) in [5, 5.41) is 3.42. The van der Waals surface area contributed by atoms with Gasteiger partial charge < -0.3 is 10.2 Å². The smallest absolute Gasteiger partial charge is 0.123 e. The molecule has 0 heterocycles. The molecule has 1 unspecified atom stereocenters. The van der Waals surface area contributed by atoms with Gasteiger partial charge in [0.15, 0.2) is 0 Å². The Balaban J connectivity index is 2.37. The summed E-state index contributed by atoms with van der Waals surface area (Å²) < 4.78 is 13.1. The van der Waals surface area contributed by atoms with Crippen LogP contribution in [0.5, 0.6) is 0 Å². The maximum Gasteiger partial charge on any atom is 0.123 e. The highest BCUT2D eigenvalue weighted by Crippen LogP contribution is 2.12. The highest BCUT2D eigenvalue weighted by molar-refractivity contribution is 5.19. The van der Waals surface area contributed by atoms with Gasteiger partial charge in [-0.15, -0.1) is 0 Å². The summed E-state index contributed by atoms with van der Waals surface area (Å²) in [7, 11) is 0. The largest absolute Gasteiger partial charge is 0.309 e. The molecule has 17 heavy (non-hydrogen) atoms. The van der Waals surface area contributed by atoms with Gasteiger partial charge in [-0.2, -0.15) is 0 Å². The molecule has 0 amide bonds. The molecule has 0 fully saturated rings. The fourth-order valence-electron chi connectivity index (χ4n) is 1.87. The number of benzene rings is 1. The van der Waals surface area contributed by atoms with Gasteiger partial charge in [-0.25, -0.2) is 4.39 Å². The Kier molecular flexibility index (Phi) is 6.16. The van der Waals surface area contributed by atoms with E-state index in [9.17, 15) is 4.39 Å². The monoisotopic (exact) mass is 238 g/mol. The third-order valence-corrected chi connectivity index (χ3v) is 3.12. The molecule has 0 aliphatic heterocycles. The number of hydrogen-bond acceptors (Lipinski definition) is 2. The molecule has 0 spiro atoms. The molecule has 1 N–H and O–H groups in total. The van der Waals surface area contributed by atoms with Crippen LogP contribution in [0.1, 0.15) is 32.4 Å². The molecule has 1 atom stereocenters. The number of likely N-dealkylation sites (N-methyl/N-ethyl adjacent to an activating group) is 1. The van der Waals surface area contributed by atoms with Crippen molar-refractivity contribution in [2.75, 3.05) is 26.2 Å². The molecule has 0 saturated carbocycles. The normalized spacial score (nSPS) is 13.0. The van der Waals surface area contributed by atoms with Crippen LogP contribution in [-0.2, 0) is 0 Å². The first kappa shape index (κ1) is 14.1. The molecule has 0 radical (unpaired) electrons. The van der Waals surface area contributed by atoms with Crippen LogP contribution in [0.2, 0.25) is 0 Å². The second kappa shape index (κ2) is 7.41. The molecule has 0 aliphatic carbocycles. The topological polar surface area (TPSA) is 15.3 Å². The maximum atomic E-state index is 13.1. The van der Waals surface area contributed by atoms with Crippen LogP contribution in [0.3, 0.4) is 0 Å². The highest BCUT2D eigenvalue weighted by atomic mass is 19.1. The van der Waals surface area contributed by atoms with Crippen molar-refractivity contribution in [1.82, 2.24) is 10.2 Å². The lowest BCUT2D eigenvalue weighted by Crippen LogP contribution is -2.33. The quantitative estimate of drug-likeness (QED) is 0.786. The van der Waals surface area contributed by atoms with E-state index in [0.717, 1.165) is 31.7 Å². The van der Waals surface area contributed by atoms with E-state index in [0.29, 0.717) is 0 Å². The molecular weight excluding hydrogens is 215 g/mol.